The van der Waals surface area contributed by atoms with Crippen molar-refractivity contribution in [2.24, 2.45) is 0 Å². The molecule has 1 heterocycles. The number of nitriles is 1. The fourth-order valence-corrected chi connectivity index (χ4v) is 4.59. The molecule has 0 unspecified atom stereocenters. The maximum atomic E-state index is 9.16. The lowest BCUT2D eigenvalue weighted by atomic mass is 9.93. The predicted octanol–water partition coefficient (Wildman–Crippen LogP) is 8.84. The van der Waals surface area contributed by atoms with Gasteiger partial charge in [0, 0.05) is 11.1 Å². The molecule has 0 saturated heterocycles. The van der Waals surface area contributed by atoms with Crippen LogP contribution in [0.4, 0.5) is 0 Å². The van der Waals surface area contributed by atoms with Gasteiger partial charge in [-0.3, -0.25) is 0 Å². The summed E-state index contributed by atoms with van der Waals surface area (Å²) in [5.41, 5.74) is 9.38. The van der Waals surface area contributed by atoms with Crippen LogP contribution in [0.2, 0.25) is 0 Å². The van der Waals surface area contributed by atoms with Gasteiger partial charge in [-0.15, -0.1) is 0 Å². The second-order valence-corrected chi connectivity index (χ2v) is 8.51. The first-order chi connectivity index (χ1) is 17.3. The lowest BCUT2D eigenvalue weighted by Gasteiger charge is -2.16. The van der Waals surface area contributed by atoms with Crippen LogP contribution < -0.4 is 4.74 Å². The van der Waals surface area contributed by atoms with E-state index < -0.39 is 0 Å². The summed E-state index contributed by atoms with van der Waals surface area (Å²) in [6.45, 7) is 0. The van der Waals surface area contributed by atoms with E-state index in [9.17, 15) is 0 Å². The summed E-state index contributed by atoms with van der Waals surface area (Å²) in [6, 6.07) is 41.2. The molecule has 0 aliphatic carbocycles. The fourth-order valence-electron chi connectivity index (χ4n) is 4.59. The topological polar surface area (TPSA) is 33.0 Å². The van der Waals surface area contributed by atoms with Crippen LogP contribution in [0.25, 0.3) is 45.5 Å². The van der Waals surface area contributed by atoms with Crippen LogP contribution in [0.3, 0.4) is 0 Å². The molecule has 0 spiro atoms. The summed E-state index contributed by atoms with van der Waals surface area (Å²) in [7, 11) is 0. The molecule has 0 amide bonds. The number of rotatable bonds is 1. The van der Waals surface area contributed by atoms with E-state index in [0.717, 1.165) is 56.0 Å². The Morgan fingerprint density at radius 3 is 1.71 bits per heavy atom. The highest BCUT2D eigenvalue weighted by Crippen LogP contribution is 2.42. The van der Waals surface area contributed by atoms with Crippen LogP contribution in [0.1, 0.15) is 16.7 Å². The Morgan fingerprint density at radius 2 is 1.03 bits per heavy atom. The zero-order valence-electron chi connectivity index (χ0n) is 19.0. The average Bonchev–Trinajstić information content (AvgIpc) is 2.94. The van der Waals surface area contributed by atoms with E-state index in [0.29, 0.717) is 5.56 Å². The molecule has 6 rings (SSSR count). The molecule has 0 atom stereocenters. The Hall–Kier alpha value is -4.87. The van der Waals surface area contributed by atoms with Gasteiger partial charge in [-0.05, 0) is 63.7 Å². The second-order valence-electron chi connectivity index (χ2n) is 8.51. The smallest absolute Gasteiger partial charge is 0.135 e. The highest BCUT2D eigenvalue weighted by Gasteiger charge is 2.16. The maximum Gasteiger partial charge on any atom is 0.135 e. The van der Waals surface area contributed by atoms with Crippen LogP contribution in [-0.4, -0.2) is 0 Å². The van der Waals surface area contributed by atoms with Gasteiger partial charge in [-0.2, -0.15) is 5.26 Å². The quantitative estimate of drug-likeness (QED) is 0.252. The summed E-state index contributed by atoms with van der Waals surface area (Å²) in [6.07, 6.45) is 4.36. The minimum Gasteiger partial charge on any atom is -0.456 e. The van der Waals surface area contributed by atoms with Crippen LogP contribution in [0.5, 0.6) is 11.5 Å². The second kappa shape index (κ2) is 8.82. The maximum absolute atomic E-state index is 9.16. The molecular formula is C33H21NO. The zero-order valence-corrected chi connectivity index (χ0v) is 19.0. The molecule has 35 heavy (non-hydrogen) atoms. The molecule has 0 saturated carbocycles. The Kier molecular flexibility index (Phi) is 5.22. The van der Waals surface area contributed by atoms with Gasteiger partial charge >= 0.3 is 0 Å². The largest absolute Gasteiger partial charge is 0.456 e. The van der Waals surface area contributed by atoms with Gasteiger partial charge in [0.15, 0.2) is 0 Å². The summed E-state index contributed by atoms with van der Waals surface area (Å²) < 4.78 is 6.60. The van der Waals surface area contributed by atoms with E-state index in [-0.39, 0.29) is 0 Å². The van der Waals surface area contributed by atoms with E-state index in [4.69, 9.17) is 10.00 Å². The first-order valence-electron chi connectivity index (χ1n) is 11.6. The van der Waals surface area contributed by atoms with Gasteiger partial charge in [-0.25, -0.2) is 0 Å². The van der Waals surface area contributed by atoms with E-state index >= 15 is 0 Å². The lowest BCUT2D eigenvalue weighted by molar-refractivity contribution is 0.486. The van der Waals surface area contributed by atoms with Crippen LogP contribution in [-0.2, 0) is 0 Å². The predicted molar refractivity (Wildman–Crippen MR) is 143 cm³/mol. The molecule has 1 aliphatic heterocycles. The number of ether oxygens (including phenoxy) is 1. The molecule has 2 heteroatoms. The Labute approximate surface area is 205 Å². The first-order valence-corrected chi connectivity index (χ1v) is 11.6. The third kappa shape index (κ3) is 3.90. The summed E-state index contributed by atoms with van der Waals surface area (Å²) >= 11 is 0. The van der Waals surface area contributed by atoms with Crippen molar-refractivity contribution >= 4 is 12.2 Å². The zero-order chi connectivity index (χ0) is 23.6. The van der Waals surface area contributed by atoms with Crippen molar-refractivity contribution in [1.29, 1.82) is 5.26 Å². The minimum absolute atomic E-state index is 0.656. The van der Waals surface area contributed by atoms with Crippen LogP contribution in [0, 0.1) is 11.3 Å². The molecule has 164 valence electrons. The number of hydrogen-bond acceptors (Lipinski definition) is 2. The Balaban J connectivity index is 1.59. The van der Waals surface area contributed by atoms with Gasteiger partial charge in [0.25, 0.3) is 0 Å². The van der Waals surface area contributed by atoms with Crippen molar-refractivity contribution in [3.63, 3.8) is 0 Å². The molecule has 5 aromatic carbocycles. The molecule has 2 nitrogen and oxygen atoms in total. The Bertz CT molecular complexity index is 1620. The average molecular weight is 448 g/mol. The van der Waals surface area contributed by atoms with Gasteiger partial charge in [-0.1, -0.05) is 97.1 Å². The third-order valence-corrected chi connectivity index (χ3v) is 6.38. The normalized spacial score (nSPS) is 12.4. The van der Waals surface area contributed by atoms with Crippen molar-refractivity contribution in [3.05, 3.63) is 132 Å². The van der Waals surface area contributed by atoms with Gasteiger partial charge in [0.1, 0.15) is 11.5 Å². The number of benzene rings is 5. The molecule has 0 radical (unpaired) electrons. The summed E-state index contributed by atoms with van der Waals surface area (Å²) in [5, 5.41) is 9.16. The number of fused-ring (bicyclic) bond motifs is 6. The van der Waals surface area contributed by atoms with E-state index in [2.05, 4.69) is 72.8 Å². The standard InChI is InChI=1S/C33H21NO/c34-22-23-13-15-24(16-14-23)27-20-19-26-18-17-25-7-1-2-8-28(25)29-9-3-5-11-32(29)35-33-12-6-4-10-30(33)31(26)21-27/h1-21H/b18-17-. The first kappa shape index (κ1) is 20.7. The summed E-state index contributed by atoms with van der Waals surface area (Å²) in [5.74, 6) is 1.64. The van der Waals surface area contributed by atoms with Gasteiger partial charge in [0.05, 0.1) is 11.6 Å². The van der Waals surface area contributed by atoms with E-state index in [1.807, 2.05) is 60.7 Å². The Morgan fingerprint density at radius 1 is 0.486 bits per heavy atom. The number of hydrogen-bond donors (Lipinski definition) is 0. The number of nitrogens with zero attached hydrogens (tertiary/aromatic N) is 1. The SMILES string of the molecule is N#Cc1ccc(-c2ccc3c(c2)-c2ccccc2Oc2ccccc2-c2ccccc2/C=C\3)cc1. The molecule has 5 aromatic rings. The molecule has 1 aliphatic rings. The number of para-hydroxylation sites is 2. The van der Waals surface area contributed by atoms with E-state index in [1.54, 1.807) is 0 Å². The van der Waals surface area contributed by atoms with Gasteiger partial charge < -0.3 is 4.74 Å². The van der Waals surface area contributed by atoms with Gasteiger partial charge in [0.2, 0.25) is 0 Å². The highest BCUT2D eigenvalue weighted by atomic mass is 16.5. The van der Waals surface area contributed by atoms with Crippen molar-refractivity contribution in [2.45, 2.75) is 0 Å². The van der Waals surface area contributed by atoms with Crippen molar-refractivity contribution in [3.8, 4) is 50.9 Å². The van der Waals surface area contributed by atoms with Crippen LogP contribution >= 0.6 is 0 Å². The highest BCUT2D eigenvalue weighted by molar-refractivity contribution is 5.90. The lowest BCUT2D eigenvalue weighted by Crippen LogP contribution is -1.92. The molecule has 0 aromatic heterocycles. The van der Waals surface area contributed by atoms with Crippen LogP contribution in [0.15, 0.2) is 115 Å². The monoisotopic (exact) mass is 447 g/mol. The molecule has 0 bridgehead atoms. The third-order valence-electron chi connectivity index (χ3n) is 6.38. The summed E-state index contributed by atoms with van der Waals surface area (Å²) in [4.78, 5) is 0. The van der Waals surface area contributed by atoms with Crippen molar-refractivity contribution in [2.75, 3.05) is 0 Å². The van der Waals surface area contributed by atoms with E-state index in [1.165, 1.54) is 0 Å². The van der Waals surface area contributed by atoms with Crippen molar-refractivity contribution in [1.82, 2.24) is 0 Å². The fraction of sp³-hybridized carbons (Fsp3) is 0. The van der Waals surface area contributed by atoms with Crippen molar-refractivity contribution < 1.29 is 4.74 Å². The molecule has 0 fully saturated rings. The minimum atomic E-state index is 0.656. The molecular weight excluding hydrogens is 426 g/mol. The molecule has 0 N–H and O–H groups in total.